The summed E-state index contributed by atoms with van der Waals surface area (Å²) in [5, 5.41) is 0. The maximum Gasteiger partial charge on any atom is 0.410 e. The van der Waals surface area contributed by atoms with Crippen molar-refractivity contribution in [2.24, 2.45) is 0 Å². The number of hydrogen-bond acceptors (Lipinski definition) is 22. The highest BCUT2D eigenvalue weighted by Gasteiger charge is 2.59. The van der Waals surface area contributed by atoms with Crippen LogP contribution in [-0.4, -0.2) is 158 Å². The lowest BCUT2D eigenvalue weighted by Crippen LogP contribution is -2.70. The van der Waals surface area contributed by atoms with E-state index >= 15 is 4.79 Å². The molecule has 8 aromatic rings. The number of carbonyl (C=O) groups excluding carboxylic acids is 8. The van der Waals surface area contributed by atoms with Crippen LogP contribution in [0.15, 0.2) is 243 Å². The summed E-state index contributed by atoms with van der Waals surface area (Å²) in [5.41, 5.74) is 3.15. The summed E-state index contributed by atoms with van der Waals surface area (Å²) >= 11 is 0. The normalized spacial score (nSPS) is 23.5. The number of benzene rings is 8. The molecule has 1 amide bonds. The molecule has 3 aliphatic heterocycles. The van der Waals surface area contributed by atoms with E-state index in [-0.39, 0.29) is 60.9 Å². The van der Waals surface area contributed by atoms with Crippen LogP contribution in [0.25, 0.3) is 0 Å². The second-order valence-electron chi connectivity index (χ2n) is 25.2. The van der Waals surface area contributed by atoms with Crippen molar-refractivity contribution < 1.29 is 105 Å². The average Bonchev–Trinajstić information content (AvgIpc) is 0.760. The van der Waals surface area contributed by atoms with Crippen LogP contribution >= 0.6 is 0 Å². The first-order valence-electron chi connectivity index (χ1n) is 34.5. The second kappa shape index (κ2) is 37.6. The maximum absolute atomic E-state index is 15.4. The monoisotopic (exact) mass is 1430 g/mol. The Morgan fingerprint density at radius 1 is 0.371 bits per heavy atom. The molecular formula is C82H81NO22. The Morgan fingerprint density at radius 3 is 1.24 bits per heavy atom. The molecule has 23 heteroatoms. The molecule has 5 unspecified atom stereocenters. The van der Waals surface area contributed by atoms with Crippen LogP contribution in [0.4, 0.5) is 4.79 Å². The Kier molecular flexibility index (Phi) is 27.0. The lowest BCUT2D eigenvalue weighted by Gasteiger charge is -2.52. The van der Waals surface area contributed by atoms with Gasteiger partial charge < -0.3 is 71.1 Å². The number of esters is 6. The number of ketones is 1. The molecule has 105 heavy (non-hydrogen) atoms. The highest BCUT2D eigenvalue weighted by Crippen LogP contribution is 2.39. The van der Waals surface area contributed by atoms with Crippen LogP contribution in [0.3, 0.4) is 0 Å². The number of Topliss-reactive ketones (excluding diaryl/α,β-unsaturated/α-hetero) is 1. The van der Waals surface area contributed by atoms with E-state index in [1.165, 1.54) is 60.4 Å². The molecule has 0 aliphatic carbocycles. The number of ether oxygens (including phenoxy) is 14. The van der Waals surface area contributed by atoms with Gasteiger partial charge in [0.2, 0.25) is 0 Å². The Bertz CT molecular complexity index is 4110. The molecular weight excluding hydrogens is 1350 g/mol. The number of likely N-dealkylation sites (tertiary alicyclic amines) is 1. The molecule has 0 N–H and O–H groups in total. The van der Waals surface area contributed by atoms with E-state index in [4.69, 9.17) is 66.3 Å². The highest BCUT2D eigenvalue weighted by atomic mass is 16.8. The van der Waals surface area contributed by atoms with Gasteiger partial charge in [-0.1, -0.05) is 194 Å². The molecule has 23 nitrogen and oxygen atoms in total. The molecule has 3 saturated heterocycles. The third kappa shape index (κ3) is 21.0. The number of rotatable bonds is 30. The summed E-state index contributed by atoms with van der Waals surface area (Å²) < 4.78 is 93.4. The Hall–Kier alpha value is -10.8. The Labute approximate surface area is 607 Å². The lowest BCUT2D eigenvalue weighted by molar-refractivity contribution is -0.361. The fourth-order valence-electron chi connectivity index (χ4n) is 12.4. The number of piperidine rings is 1. The van der Waals surface area contributed by atoms with Crippen molar-refractivity contribution in [3.63, 3.8) is 0 Å². The summed E-state index contributed by atoms with van der Waals surface area (Å²) in [5.74, 6) is -6.10. The molecule has 8 aromatic carbocycles. The quantitative estimate of drug-likeness (QED) is 0.0299. The SMILES string of the molecule is CC(=O)CCC(=O)OC1C(OC(=O)c2ccccc2)C(COC(=O)c2ccccc2)OC(O[C@H]2[C@H](O[C@@H]3O[C@@H](C)[C@@H](OCc4ccccc4)[C@@H](OCc4ccccc4)[C@@H]3OCc3ccccc3)[C@@H](COC(=O)c3ccccc3)N(C(=O)OCc3ccccc3)C[C@@H]2OC(C)=O)C1OC(=O)c1ccccc1. The third-order valence-corrected chi connectivity index (χ3v) is 17.6. The van der Waals surface area contributed by atoms with Gasteiger partial charge in [0.15, 0.2) is 30.9 Å². The van der Waals surface area contributed by atoms with Crippen molar-refractivity contribution in [3.05, 3.63) is 287 Å². The Morgan fingerprint density at radius 2 is 0.771 bits per heavy atom. The smallest absolute Gasteiger partial charge is 0.410 e. The minimum absolute atomic E-state index is 0.0137. The summed E-state index contributed by atoms with van der Waals surface area (Å²) in [6.45, 7) is 1.80. The molecule has 3 heterocycles. The summed E-state index contributed by atoms with van der Waals surface area (Å²) in [4.78, 5) is 116. The minimum Gasteiger partial charge on any atom is -0.460 e. The van der Waals surface area contributed by atoms with Crippen molar-refractivity contribution in [2.75, 3.05) is 19.8 Å². The predicted molar refractivity (Wildman–Crippen MR) is 375 cm³/mol. The molecule has 0 aromatic heterocycles. The van der Waals surface area contributed by atoms with Gasteiger partial charge in [0, 0.05) is 13.3 Å². The fraction of sp³-hybridized carbons (Fsp3) is 0.317. The van der Waals surface area contributed by atoms with Gasteiger partial charge in [0.05, 0.1) is 67.2 Å². The van der Waals surface area contributed by atoms with E-state index in [1.54, 1.807) is 110 Å². The zero-order chi connectivity index (χ0) is 73.4. The molecule has 0 bridgehead atoms. The van der Waals surface area contributed by atoms with Gasteiger partial charge in [-0.25, -0.2) is 24.0 Å². The zero-order valence-corrected chi connectivity index (χ0v) is 58.0. The van der Waals surface area contributed by atoms with Gasteiger partial charge in [-0.3, -0.25) is 14.5 Å². The molecule has 11 rings (SSSR count). The van der Waals surface area contributed by atoms with Gasteiger partial charge in [0.1, 0.15) is 68.3 Å². The summed E-state index contributed by atoms with van der Waals surface area (Å²) in [7, 11) is 0. The molecule has 0 radical (unpaired) electrons. The van der Waals surface area contributed by atoms with Crippen LogP contribution in [0.1, 0.15) is 97.3 Å². The van der Waals surface area contributed by atoms with Gasteiger partial charge in [-0.2, -0.15) is 0 Å². The van der Waals surface area contributed by atoms with Crippen LogP contribution in [0.5, 0.6) is 0 Å². The maximum atomic E-state index is 15.4. The fourth-order valence-corrected chi connectivity index (χ4v) is 12.4. The van der Waals surface area contributed by atoms with Gasteiger partial charge in [-0.05, 0) is 84.6 Å². The molecule has 3 fully saturated rings. The van der Waals surface area contributed by atoms with Crippen LogP contribution < -0.4 is 0 Å². The Balaban J connectivity index is 1.09. The highest BCUT2D eigenvalue weighted by molar-refractivity contribution is 5.91. The van der Waals surface area contributed by atoms with Crippen LogP contribution in [0, 0.1) is 0 Å². The van der Waals surface area contributed by atoms with Crippen molar-refractivity contribution in [1.82, 2.24) is 4.90 Å². The average molecular weight is 1430 g/mol. The molecule has 14 atom stereocenters. The molecule has 546 valence electrons. The van der Waals surface area contributed by atoms with E-state index in [1.807, 2.05) is 91.0 Å². The van der Waals surface area contributed by atoms with Crippen molar-refractivity contribution >= 4 is 47.7 Å². The van der Waals surface area contributed by atoms with E-state index in [0.29, 0.717) is 5.56 Å². The van der Waals surface area contributed by atoms with E-state index in [2.05, 4.69) is 0 Å². The largest absolute Gasteiger partial charge is 0.460 e. The number of hydrogen-bond donors (Lipinski definition) is 0. The van der Waals surface area contributed by atoms with Gasteiger partial charge >= 0.3 is 41.9 Å². The van der Waals surface area contributed by atoms with Crippen molar-refractivity contribution in [1.29, 1.82) is 0 Å². The standard InChI is InChI=1S/C82H81NO22/c1-53(84)44-45-67(86)101-73-71(102-78(89)62-40-24-10-25-41-62)66(52-96-77(88)61-38-22-9-23-39-61)100-81(75(73)103-79(90)63-42-26-11-27-43-63)105-70-65(99-55(3)85)46-83(82(91)97-50-59-34-18-7-19-35-59)64(51-95-76(87)60-36-20-8-21-37-60)69(70)104-80-74(94-49-58-32-16-6-17-33-58)72(93-48-57-30-14-5-15-31-57)68(54(2)98-80)92-47-56-28-12-4-13-29-56/h4-43,54,64-66,68-75,80-81H,44-52H2,1-3H3/t54-,64+,65-,66?,68+,69+,70+,71?,72+,73?,74-,75?,80-,81?/m0/s1. The topological polar surface area (TPSA) is 269 Å². The van der Waals surface area contributed by atoms with Crippen LogP contribution in [0.2, 0.25) is 0 Å². The minimum atomic E-state index is -2.12. The van der Waals surface area contributed by atoms with Crippen molar-refractivity contribution in [2.45, 2.75) is 146 Å². The molecule has 0 spiro atoms. The second-order valence-corrected chi connectivity index (χ2v) is 25.2. The summed E-state index contributed by atoms with van der Waals surface area (Å²) in [6, 6.07) is 66.7. The number of nitrogens with zero attached hydrogens (tertiary/aromatic N) is 1. The first-order chi connectivity index (χ1) is 51.1. The lowest BCUT2D eigenvalue weighted by atomic mass is 9.92. The molecule has 3 aliphatic rings. The summed E-state index contributed by atoms with van der Waals surface area (Å²) in [6.07, 6.45) is -22.8. The van der Waals surface area contributed by atoms with E-state index in [0.717, 1.165) is 23.6 Å². The first-order valence-corrected chi connectivity index (χ1v) is 34.5. The van der Waals surface area contributed by atoms with Gasteiger partial charge in [0.25, 0.3) is 0 Å². The van der Waals surface area contributed by atoms with E-state index in [9.17, 15) is 33.6 Å². The number of amides is 1. The molecule has 0 saturated carbocycles. The van der Waals surface area contributed by atoms with Gasteiger partial charge in [-0.15, -0.1) is 0 Å². The number of carbonyl (C=O) groups is 8. The van der Waals surface area contributed by atoms with Crippen LogP contribution in [-0.2, 0) is 107 Å². The van der Waals surface area contributed by atoms with Crippen molar-refractivity contribution in [3.8, 4) is 0 Å². The zero-order valence-electron chi connectivity index (χ0n) is 58.0. The predicted octanol–water partition coefficient (Wildman–Crippen LogP) is 11.4. The first kappa shape index (κ1) is 75.4. The third-order valence-electron chi connectivity index (χ3n) is 17.6. The van der Waals surface area contributed by atoms with E-state index < -0.39 is 154 Å².